The Morgan fingerprint density at radius 2 is 1.62 bits per heavy atom. The second-order valence-electron chi connectivity index (χ2n) is 6.13. The average molecular weight is 349 g/mol. The van der Waals surface area contributed by atoms with Crippen LogP contribution in [0.15, 0.2) is 65.5 Å². The van der Waals surface area contributed by atoms with Crippen LogP contribution < -0.4 is 15.4 Å². The summed E-state index contributed by atoms with van der Waals surface area (Å²) in [5.74, 6) is -0.461. The Morgan fingerprint density at radius 3 is 2.35 bits per heavy atom. The first-order valence-corrected chi connectivity index (χ1v) is 8.18. The zero-order valence-electron chi connectivity index (χ0n) is 14.1. The molecule has 0 aliphatic carbocycles. The fourth-order valence-electron chi connectivity index (χ4n) is 3.21. The van der Waals surface area contributed by atoms with Gasteiger partial charge < -0.3 is 9.88 Å². The van der Waals surface area contributed by atoms with Crippen molar-refractivity contribution >= 4 is 23.0 Å². The predicted molar refractivity (Wildman–Crippen MR) is 98.5 cm³/mol. The van der Waals surface area contributed by atoms with Gasteiger partial charge in [-0.3, -0.25) is 14.5 Å². The number of carbonyl (C=O) groups excluding carboxylic acids is 1. The molecular formula is C20H16FN3O2. The third-order valence-electron chi connectivity index (χ3n) is 4.47. The third-order valence-corrected chi connectivity index (χ3v) is 4.47. The maximum absolute atomic E-state index is 13.3. The second kappa shape index (κ2) is 6.15. The minimum absolute atomic E-state index is 0.144. The van der Waals surface area contributed by atoms with E-state index in [1.807, 2.05) is 23.1 Å². The summed E-state index contributed by atoms with van der Waals surface area (Å²) >= 11 is 0. The van der Waals surface area contributed by atoms with E-state index >= 15 is 0 Å². The molecule has 0 bridgehead atoms. The maximum atomic E-state index is 13.3. The smallest absolute Gasteiger partial charge is 0.261 e. The molecule has 0 radical (unpaired) electrons. The van der Waals surface area contributed by atoms with Crippen molar-refractivity contribution in [2.24, 2.45) is 0 Å². The van der Waals surface area contributed by atoms with Crippen molar-refractivity contribution in [3.05, 3.63) is 88.1 Å². The first kappa shape index (κ1) is 16.1. The number of H-pyrrole nitrogens is 1. The number of carbonyl (C=O) groups is 1. The Labute approximate surface area is 149 Å². The molecule has 26 heavy (non-hydrogen) atoms. The number of para-hydroxylation sites is 1. The quantitative estimate of drug-likeness (QED) is 0.769. The molecule has 1 amide bonds. The monoisotopic (exact) mass is 349 g/mol. The molecule has 0 atom stereocenters. The molecule has 0 saturated carbocycles. The number of hydrogen-bond donors (Lipinski definition) is 1. The molecule has 5 nitrogen and oxygen atoms in total. The van der Waals surface area contributed by atoms with Gasteiger partial charge in [-0.1, -0.05) is 12.1 Å². The highest BCUT2D eigenvalue weighted by atomic mass is 19.1. The lowest BCUT2D eigenvalue weighted by atomic mass is 10.1. The van der Waals surface area contributed by atoms with E-state index in [9.17, 15) is 14.0 Å². The Kier molecular flexibility index (Phi) is 3.80. The number of aryl methyl sites for hydroxylation is 1. The van der Waals surface area contributed by atoms with Crippen molar-refractivity contribution in [3.8, 4) is 0 Å². The molecule has 4 rings (SSSR count). The van der Waals surface area contributed by atoms with Gasteiger partial charge >= 0.3 is 0 Å². The van der Waals surface area contributed by atoms with E-state index < -0.39 is 0 Å². The van der Waals surface area contributed by atoms with E-state index in [0.717, 1.165) is 11.4 Å². The van der Waals surface area contributed by atoms with Gasteiger partial charge in [0.05, 0.1) is 16.9 Å². The number of nitrogens with one attached hydrogen (secondary N) is 1. The summed E-state index contributed by atoms with van der Waals surface area (Å²) in [4.78, 5) is 30.8. The van der Waals surface area contributed by atoms with Crippen molar-refractivity contribution in [2.45, 2.75) is 6.92 Å². The number of hydrogen-bond acceptors (Lipinski definition) is 3. The number of benzene rings is 2. The number of anilines is 3. The minimum atomic E-state index is -0.316. The average Bonchev–Trinajstić information content (AvgIpc) is 2.64. The summed E-state index contributed by atoms with van der Waals surface area (Å²) in [7, 11) is 0. The number of aromatic amines is 1. The third kappa shape index (κ3) is 2.65. The number of nitrogens with zero attached hydrogens (tertiary/aromatic N) is 2. The van der Waals surface area contributed by atoms with Crippen molar-refractivity contribution in [1.82, 2.24) is 4.98 Å². The fraction of sp³-hybridized carbons (Fsp3) is 0.100. The van der Waals surface area contributed by atoms with Crippen LogP contribution in [0.1, 0.15) is 16.1 Å². The van der Waals surface area contributed by atoms with Gasteiger partial charge in [-0.2, -0.15) is 0 Å². The van der Waals surface area contributed by atoms with E-state index in [2.05, 4.69) is 4.98 Å². The number of aromatic nitrogens is 1. The van der Waals surface area contributed by atoms with Crippen molar-refractivity contribution in [3.63, 3.8) is 0 Å². The van der Waals surface area contributed by atoms with Crippen LogP contribution in [-0.2, 0) is 0 Å². The van der Waals surface area contributed by atoms with Gasteiger partial charge in [-0.25, -0.2) is 4.39 Å². The topological polar surface area (TPSA) is 56.4 Å². The van der Waals surface area contributed by atoms with Crippen LogP contribution in [0.5, 0.6) is 0 Å². The highest BCUT2D eigenvalue weighted by molar-refractivity contribution is 6.12. The first-order valence-electron chi connectivity index (χ1n) is 8.18. The van der Waals surface area contributed by atoms with Crippen molar-refractivity contribution in [1.29, 1.82) is 0 Å². The van der Waals surface area contributed by atoms with Gasteiger partial charge in [0.2, 0.25) is 5.56 Å². The van der Waals surface area contributed by atoms with Gasteiger partial charge in [-0.05, 0) is 49.4 Å². The summed E-state index contributed by atoms with van der Waals surface area (Å²) in [6.45, 7) is 2.02. The van der Waals surface area contributed by atoms with Gasteiger partial charge in [0.1, 0.15) is 12.5 Å². The zero-order chi connectivity index (χ0) is 18.3. The fourth-order valence-corrected chi connectivity index (χ4v) is 3.21. The van der Waals surface area contributed by atoms with Crippen LogP contribution in [0.25, 0.3) is 0 Å². The molecule has 0 unspecified atom stereocenters. The van der Waals surface area contributed by atoms with E-state index in [1.54, 1.807) is 36.1 Å². The van der Waals surface area contributed by atoms with Crippen molar-refractivity contribution < 1.29 is 9.18 Å². The van der Waals surface area contributed by atoms with Crippen LogP contribution >= 0.6 is 0 Å². The Morgan fingerprint density at radius 1 is 0.885 bits per heavy atom. The van der Waals surface area contributed by atoms with Gasteiger partial charge in [0, 0.05) is 17.4 Å². The number of halogens is 1. The summed E-state index contributed by atoms with van der Waals surface area (Å²) in [6.07, 6.45) is 0. The standard InChI is InChI=1S/C20H16FN3O2/c1-13-17(10-11-19(25)22-13)24-12-23(15-8-6-14(21)7-9-15)18-5-3-2-4-16(18)20(24)26/h2-11H,12H2,1H3,(H,22,25). The Hall–Kier alpha value is -3.41. The lowest BCUT2D eigenvalue weighted by Gasteiger charge is -2.38. The van der Waals surface area contributed by atoms with Crippen molar-refractivity contribution in [2.75, 3.05) is 16.5 Å². The maximum Gasteiger partial charge on any atom is 0.261 e. The SMILES string of the molecule is Cc1[nH]c(=O)ccc1N1CN(c2ccc(F)cc2)c2ccccc2C1=O. The molecule has 130 valence electrons. The molecule has 1 aliphatic heterocycles. The van der Waals surface area contributed by atoms with Crippen LogP contribution in [0, 0.1) is 12.7 Å². The van der Waals surface area contributed by atoms with Crippen LogP contribution in [0.2, 0.25) is 0 Å². The van der Waals surface area contributed by atoms with Crippen LogP contribution in [0.4, 0.5) is 21.5 Å². The van der Waals surface area contributed by atoms with Crippen LogP contribution in [-0.4, -0.2) is 17.6 Å². The summed E-state index contributed by atoms with van der Waals surface area (Å²) in [5.41, 5.74) is 3.13. The molecule has 0 spiro atoms. The molecule has 1 aromatic heterocycles. The molecule has 0 fully saturated rings. The number of pyridine rings is 1. The number of rotatable bonds is 2. The second-order valence-corrected chi connectivity index (χ2v) is 6.13. The number of amides is 1. The van der Waals surface area contributed by atoms with Gasteiger partial charge in [0.25, 0.3) is 5.91 Å². The van der Waals surface area contributed by atoms with Gasteiger partial charge in [-0.15, -0.1) is 0 Å². The highest BCUT2D eigenvalue weighted by Crippen LogP contribution is 2.35. The van der Waals surface area contributed by atoms with E-state index in [0.29, 0.717) is 16.9 Å². The van der Waals surface area contributed by atoms with E-state index in [-0.39, 0.29) is 24.0 Å². The summed E-state index contributed by atoms with van der Waals surface area (Å²) in [5, 5.41) is 0. The van der Waals surface area contributed by atoms with Gasteiger partial charge in [0.15, 0.2) is 0 Å². The van der Waals surface area contributed by atoms with E-state index in [1.165, 1.54) is 18.2 Å². The highest BCUT2D eigenvalue weighted by Gasteiger charge is 2.31. The van der Waals surface area contributed by atoms with Crippen LogP contribution in [0.3, 0.4) is 0 Å². The summed E-state index contributed by atoms with van der Waals surface area (Å²) < 4.78 is 13.3. The Bertz CT molecular complexity index is 1040. The molecule has 2 heterocycles. The lowest BCUT2D eigenvalue weighted by Crippen LogP contribution is -2.45. The first-order chi connectivity index (χ1) is 12.5. The lowest BCUT2D eigenvalue weighted by molar-refractivity contribution is 0.0983. The molecular weight excluding hydrogens is 333 g/mol. The molecule has 6 heteroatoms. The minimum Gasteiger partial charge on any atom is -0.324 e. The molecule has 1 N–H and O–H groups in total. The number of fused-ring (bicyclic) bond motifs is 1. The molecule has 0 saturated heterocycles. The molecule has 3 aromatic rings. The molecule has 2 aromatic carbocycles. The Balaban J connectivity index is 1.85. The normalized spacial score (nSPS) is 13.7. The molecule has 1 aliphatic rings. The van der Waals surface area contributed by atoms with E-state index in [4.69, 9.17) is 0 Å². The summed E-state index contributed by atoms with van der Waals surface area (Å²) in [6, 6.07) is 16.5. The largest absolute Gasteiger partial charge is 0.324 e. The zero-order valence-corrected chi connectivity index (χ0v) is 14.1. The predicted octanol–water partition coefficient (Wildman–Crippen LogP) is 3.58.